The average Bonchev–Trinajstić information content (AvgIpc) is 2.52. The molecule has 20 heavy (non-hydrogen) atoms. The second-order valence-corrected chi connectivity index (χ2v) is 4.89. The summed E-state index contributed by atoms with van der Waals surface area (Å²) in [5, 5.41) is 0. The van der Waals surface area contributed by atoms with Crippen LogP contribution in [0.25, 0.3) is 0 Å². The van der Waals surface area contributed by atoms with Crippen LogP contribution in [-0.4, -0.2) is 30.9 Å². The molecule has 3 heteroatoms. The molecule has 1 aliphatic heterocycles. The van der Waals surface area contributed by atoms with E-state index in [4.69, 9.17) is 0 Å². The summed E-state index contributed by atoms with van der Waals surface area (Å²) in [5.74, 6) is 0.739. The van der Waals surface area contributed by atoms with Crippen molar-refractivity contribution in [3.05, 3.63) is 37.0 Å². The van der Waals surface area contributed by atoms with Crippen LogP contribution >= 0.6 is 0 Å². The van der Waals surface area contributed by atoms with Crippen molar-refractivity contribution in [1.29, 1.82) is 0 Å². The second-order valence-electron chi connectivity index (χ2n) is 4.89. The first kappa shape index (κ1) is 18.7. The fourth-order valence-electron chi connectivity index (χ4n) is 2.47. The topological polar surface area (TPSA) is 46.3 Å². The third-order valence-corrected chi connectivity index (χ3v) is 3.54. The van der Waals surface area contributed by atoms with E-state index in [0.29, 0.717) is 18.2 Å². The molecule has 0 bridgehead atoms. The molecule has 1 atom stereocenters. The van der Waals surface area contributed by atoms with Crippen LogP contribution in [0.3, 0.4) is 0 Å². The number of amides is 1. The molecule has 0 aliphatic carbocycles. The minimum absolute atomic E-state index is 0.309. The third kappa shape index (κ3) is 6.20. The Morgan fingerprint density at radius 3 is 2.65 bits per heavy atom. The minimum atomic E-state index is 0.309. The van der Waals surface area contributed by atoms with E-state index in [2.05, 4.69) is 25.8 Å². The van der Waals surface area contributed by atoms with Crippen LogP contribution in [0, 0.1) is 5.92 Å². The van der Waals surface area contributed by atoms with Gasteiger partial charge in [0.15, 0.2) is 0 Å². The smallest absolute Gasteiger partial charge is 0.222 e. The van der Waals surface area contributed by atoms with Crippen LogP contribution in [0.2, 0.25) is 0 Å². The molecular formula is C17H30N2O. The average molecular weight is 278 g/mol. The molecule has 1 aliphatic rings. The summed E-state index contributed by atoms with van der Waals surface area (Å²) in [6.07, 6.45) is 10.7. The molecule has 0 saturated carbocycles. The lowest BCUT2D eigenvalue weighted by Gasteiger charge is -2.33. The molecule has 114 valence electrons. The quantitative estimate of drug-likeness (QED) is 0.758. The van der Waals surface area contributed by atoms with E-state index in [1.54, 1.807) is 6.08 Å². The van der Waals surface area contributed by atoms with Gasteiger partial charge in [0.1, 0.15) is 0 Å². The zero-order valence-electron chi connectivity index (χ0n) is 13.1. The Hall–Kier alpha value is -1.35. The lowest BCUT2D eigenvalue weighted by Crippen LogP contribution is -2.40. The van der Waals surface area contributed by atoms with Gasteiger partial charge in [0, 0.05) is 25.4 Å². The standard InChI is InChI=1S/C16H25NO.CH5N/c1-4-7-11-16(18)17-12-8-10-15(13-17)14(6-3)9-5-2;1-2/h5-6,9,15H,2-4,7-8,10-13H2,1H3;2H2,1H3/b14-9+;. The highest BCUT2D eigenvalue weighted by molar-refractivity contribution is 5.76. The Morgan fingerprint density at radius 1 is 1.40 bits per heavy atom. The van der Waals surface area contributed by atoms with Gasteiger partial charge in [0.25, 0.3) is 0 Å². The van der Waals surface area contributed by atoms with Crippen molar-refractivity contribution in [2.75, 3.05) is 20.1 Å². The van der Waals surface area contributed by atoms with Crippen LogP contribution < -0.4 is 5.73 Å². The zero-order valence-corrected chi connectivity index (χ0v) is 13.1. The summed E-state index contributed by atoms with van der Waals surface area (Å²) < 4.78 is 0. The first-order valence-electron chi connectivity index (χ1n) is 7.53. The monoisotopic (exact) mass is 278 g/mol. The van der Waals surface area contributed by atoms with Gasteiger partial charge in [0.2, 0.25) is 5.91 Å². The lowest BCUT2D eigenvalue weighted by atomic mass is 9.89. The van der Waals surface area contributed by atoms with Gasteiger partial charge in [-0.15, -0.1) is 0 Å². The number of allylic oxidation sites excluding steroid dienone is 3. The van der Waals surface area contributed by atoms with E-state index < -0.39 is 0 Å². The minimum Gasteiger partial charge on any atom is -0.342 e. The number of hydrogen-bond donors (Lipinski definition) is 1. The van der Waals surface area contributed by atoms with E-state index in [-0.39, 0.29) is 0 Å². The Morgan fingerprint density at radius 2 is 2.10 bits per heavy atom. The molecule has 1 heterocycles. The molecule has 1 fully saturated rings. The Balaban J connectivity index is 0.00000172. The molecule has 1 saturated heterocycles. The maximum atomic E-state index is 12.0. The molecule has 0 aromatic heterocycles. The molecular weight excluding hydrogens is 248 g/mol. The fraction of sp³-hybridized carbons (Fsp3) is 0.588. The first-order valence-corrected chi connectivity index (χ1v) is 7.53. The van der Waals surface area contributed by atoms with Gasteiger partial charge in [0.05, 0.1) is 0 Å². The summed E-state index contributed by atoms with van der Waals surface area (Å²) in [6.45, 7) is 11.5. The number of carbonyl (C=O) groups is 1. The van der Waals surface area contributed by atoms with Crippen LogP contribution in [0.15, 0.2) is 37.0 Å². The number of unbranched alkanes of at least 4 members (excludes halogenated alkanes) is 1. The van der Waals surface area contributed by atoms with Gasteiger partial charge in [-0.05, 0) is 31.9 Å². The van der Waals surface area contributed by atoms with Crippen LogP contribution in [0.1, 0.15) is 39.0 Å². The zero-order chi connectivity index (χ0) is 15.4. The van der Waals surface area contributed by atoms with Crippen molar-refractivity contribution in [3.63, 3.8) is 0 Å². The largest absolute Gasteiger partial charge is 0.342 e. The molecule has 0 aromatic rings. The Bertz CT molecular complexity index is 334. The van der Waals surface area contributed by atoms with Crippen molar-refractivity contribution in [2.24, 2.45) is 11.7 Å². The molecule has 0 aromatic carbocycles. The Labute approximate surface area is 124 Å². The number of nitrogens with zero attached hydrogens (tertiary/aromatic N) is 1. The predicted molar refractivity (Wildman–Crippen MR) is 87.4 cm³/mol. The molecule has 2 N–H and O–H groups in total. The molecule has 0 spiro atoms. The van der Waals surface area contributed by atoms with Gasteiger partial charge >= 0.3 is 0 Å². The number of likely N-dealkylation sites (tertiary alicyclic amines) is 1. The molecule has 0 radical (unpaired) electrons. The van der Waals surface area contributed by atoms with E-state index in [1.807, 2.05) is 17.1 Å². The number of carbonyl (C=O) groups excluding carboxylic acids is 1. The number of rotatable bonds is 6. The normalized spacial score (nSPS) is 18.9. The number of piperidine rings is 1. The third-order valence-electron chi connectivity index (χ3n) is 3.54. The van der Waals surface area contributed by atoms with Crippen LogP contribution in [0.5, 0.6) is 0 Å². The van der Waals surface area contributed by atoms with Gasteiger partial charge in [-0.3, -0.25) is 4.79 Å². The van der Waals surface area contributed by atoms with Crippen molar-refractivity contribution < 1.29 is 4.79 Å². The molecule has 3 nitrogen and oxygen atoms in total. The second kappa shape index (κ2) is 11.5. The van der Waals surface area contributed by atoms with Gasteiger partial charge in [-0.25, -0.2) is 0 Å². The lowest BCUT2D eigenvalue weighted by molar-refractivity contribution is -0.132. The summed E-state index contributed by atoms with van der Waals surface area (Å²) >= 11 is 0. The highest BCUT2D eigenvalue weighted by Crippen LogP contribution is 2.25. The van der Waals surface area contributed by atoms with Crippen molar-refractivity contribution >= 4 is 5.91 Å². The maximum Gasteiger partial charge on any atom is 0.222 e. The highest BCUT2D eigenvalue weighted by Gasteiger charge is 2.24. The number of nitrogens with two attached hydrogens (primary N) is 1. The summed E-state index contributed by atoms with van der Waals surface area (Å²) in [6, 6.07) is 0. The van der Waals surface area contributed by atoms with E-state index in [0.717, 1.165) is 38.8 Å². The highest BCUT2D eigenvalue weighted by atomic mass is 16.2. The van der Waals surface area contributed by atoms with Gasteiger partial charge < -0.3 is 10.6 Å². The van der Waals surface area contributed by atoms with Gasteiger partial charge in [-0.1, -0.05) is 44.7 Å². The maximum absolute atomic E-state index is 12.0. The van der Waals surface area contributed by atoms with Crippen molar-refractivity contribution in [3.8, 4) is 0 Å². The molecule has 1 rings (SSSR count). The predicted octanol–water partition coefficient (Wildman–Crippen LogP) is 3.29. The molecule has 1 amide bonds. The summed E-state index contributed by atoms with van der Waals surface area (Å²) in [5.41, 5.74) is 5.71. The van der Waals surface area contributed by atoms with Crippen LogP contribution in [-0.2, 0) is 4.79 Å². The number of hydrogen-bond acceptors (Lipinski definition) is 2. The Kier molecular flexibility index (Phi) is 10.7. The van der Waals surface area contributed by atoms with Crippen molar-refractivity contribution in [1.82, 2.24) is 4.90 Å². The molecule has 1 unspecified atom stereocenters. The first-order chi connectivity index (χ1) is 9.72. The van der Waals surface area contributed by atoms with Crippen LogP contribution in [0.4, 0.5) is 0 Å². The fourth-order valence-corrected chi connectivity index (χ4v) is 2.47. The van der Waals surface area contributed by atoms with Gasteiger partial charge in [-0.2, -0.15) is 0 Å². The van der Waals surface area contributed by atoms with Crippen molar-refractivity contribution in [2.45, 2.75) is 39.0 Å². The summed E-state index contributed by atoms with van der Waals surface area (Å²) in [7, 11) is 1.50. The summed E-state index contributed by atoms with van der Waals surface area (Å²) in [4.78, 5) is 14.0. The van der Waals surface area contributed by atoms with E-state index in [9.17, 15) is 4.79 Å². The SMILES string of the molecule is C=C/C=C(\C=C)C1CCCN(C(=O)CCCC)C1.CN. The van der Waals surface area contributed by atoms with E-state index >= 15 is 0 Å². The van der Waals surface area contributed by atoms with E-state index in [1.165, 1.54) is 12.6 Å².